The van der Waals surface area contributed by atoms with Gasteiger partial charge < -0.3 is 4.90 Å². The maximum absolute atomic E-state index is 11.4. The summed E-state index contributed by atoms with van der Waals surface area (Å²) < 4.78 is 0. The van der Waals surface area contributed by atoms with Gasteiger partial charge in [-0.15, -0.1) is 0 Å². The lowest BCUT2D eigenvalue weighted by atomic mass is 10.1. The van der Waals surface area contributed by atoms with Crippen LogP contribution in [0.5, 0.6) is 0 Å². The van der Waals surface area contributed by atoms with E-state index in [1.54, 1.807) is 4.90 Å². The van der Waals surface area contributed by atoms with Crippen LogP contribution in [-0.4, -0.2) is 48.4 Å². The highest BCUT2D eigenvalue weighted by Crippen LogP contribution is 2.11. The highest BCUT2D eigenvalue weighted by atomic mass is 16.2. The van der Waals surface area contributed by atoms with Gasteiger partial charge in [0.15, 0.2) is 0 Å². The Morgan fingerprint density at radius 3 is 2.79 bits per heavy atom. The lowest BCUT2D eigenvalue weighted by molar-refractivity contribution is -0.135. The van der Waals surface area contributed by atoms with Crippen LogP contribution in [0.15, 0.2) is 0 Å². The van der Waals surface area contributed by atoms with E-state index in [2.05, 4.69) is 17.9 Å². The van der Waals surface area contributed by atoms with Crippen molar-refractivity contribution in [2.75, 3.05) is 26.7 Å². The molecular formula is C10H17N3O. The van der Waals surface area contributed by atoms with Gasteiger partial charge in [0.2, 0.25) is 5.91 Å². The zero-order valence-electron chi connectivity index (χ0n) is 8.86. The zero-order chi connectivity index (χ0) is 10.6. The van der Waals surface area contributed by atoms with Crippen molar-refractivity contribution < 1.29 is 4.79 Å². The highest BCUT2D eigenvalue weighted by molar-refractivity contribution is 5.78. The first-order chi connectivity index (χ1) is 6.69. The predicted octanol–water partition coefficient (Wildman–Crippen LogP) is 0.453. The molecule has 78 valence electrons. The Balaban J connectivity index is 2.52. The topological polar surface area (TPSA) is 47.3 Å². The SMILES string of the molecule is CCC(CC#N)N1CCN(C)C(=O)C1. The molecule has 1 rings (SSSR count). The number of likely N-dealkylation sites (N-methyl/N-ethyl adjacent to an activating group) is 1. The Bertz CT molecular complexity index is 246. The zero-order valence-corrected chi connectivity index (χ0v) is 8.86. The van der Waals surface area contributed by atoms with E-state index < -0.39 is 0 Å². The second-order valence-corrected chi connectivity index (χ2v) is 3.71. The van der Waals surface area contributed by atoms with E-state index in [1.165, 1.54) is 0 Å². The summed E-state index contributed by atoms with van der Waals surface area (Å²) in [5, 5.41) is 8.64. The van der Waals surface area contributed by atoms with Crippen molar-refractivity contribution in [3.05, 3.63) is 0 Å². The van der Waals surface area contributed by atoms with Crippen molar-refractivity contribution >= 4 is 5.91 Å². The average molecular weight is 195 g/mol. The number of hydrogen-bond donors (Lipinski definition) is 0. The lowest BCUT2D eigenvalue weighted by Crippen LogP contribution is -2.51. The molecule has 4 nitrogen and oxygen atoms in total. The maximum Gasteiger partial charge on any atom is 0.236 e. The molecule has 0 bridgehead atoms. The summed E-state index contributed by atoms with van der Waals surface area (Å²) in [6.07, 6.45) is 1.46. The average Bonchev–Trinajstić information content (AvgIpc) is 2.19. The van der Waals surface area contributed by atoms with E-state index in [4.69, 9.17) is 5.26 Å². The van der Waals surface area contributed by atoms with E-state index >= 15 is 0 Å². The molecule has 1 unspecified atom stereocenters. The van der Waals surface area contributed by atoms with Crippen molar-refractivity contribution in [1.82, 2.24) is 9.80 Å². The Labute approximate surface area is 85.1 Å². The number of carbonyl (C=O) groups is 1. The number of rotatable bonds is 3. The van der Waals surface area contributed by atoms with Gasteiger partial charge in [-0.3, -0.25) is 9.69 Å². The molecule has 0 N–H and O–H groups in total. The maximum atomic E-state index is 11.4. The fourth-order valence-electron chi connectivity index (χ4n) is 1.73. The Hall–Kier alpha value is -1.08. The molecule has 1 fully saturated rings. The third-order valence-electron chi connectivity index (χ3n) is 2.80. The van der Waals surface area contributed by atoms with Gasteiger partial charge in [0.1, 0.15) is 0 Å². The predicted molar refractivity (Wildman–Crippen MR) is 53.5 cm³/mol. The van der Waals surface area contributed by atoms with Crippen LogP contribution in [0.2, 0.25) is 0 Å². The minimum Gasteiger partial charge on any atom is -0.343 e. The summed E-state index contributed by atoms with van der Waals surface area (Å²) in [6, 6.07) is 2.42. The molecule has 1 aliphatic heterocycles. The molecule has 1 saturated heterocycles. The summed E-state index contributed by atoms with van der Waals surface area (Å²) in [5.41, 5.74) is 0. The van der Waals surface area contributed by atoms with Crippen molar-refractivity contribution in [3.63, 3.8) is 0 Å². The number of nitriles is 1. The largest absolute Gasteiger partial charge is 0.343 e. The molecule has 0 aliphatic carbocycles. The van der Waals surface area contributed by atoms with Crippen LogP contribution >= 0.6 is 0 Å². The van der Waals surface area contributed by atoms with Crippen LogP contribution < -0.4 is 0 Å². The molecule has 0 aromatic rings. The number of amides is 1. The lowest BCUT2D eigenvalue weighted by Gasteiger charge is -2.36. The van der Waals surface area contributed by atoms with Crippen LogP contribution in [0.25, 0.3) is 0 Å². The van der Waals surface area contributed by atoms with Gasteiger partial charge in [0.05, 0.1) is 19.0 Å². The molecule has 0 radical (unpaired) electrons. The van der Waals surface area contributed by atoms with Crippen molar-refractivity contribution in [2.24, 2.45) is 0 Å². The van der Waals surface area contributed by atoms with Gasteiger partial charge in [-0.1, -0.05) is 6.92 Å². The molecular weight excluding hydrogens is 178 g/mol. The Morgan fingerprint density at radius 2 is 2.29 bits per heavy atom. The molecule has 4 heteroatoms. The molecule has 1 aliphatic rings. The summed E-state index contributed by atoms with van der Waals surface area (Å²) in [6.45, 7) is 4.20. The third-order valence-corrected chi connectivity index (χ3v) is 2.80. The van der Waals surface area contributed by atoms with E-state index in [-0.39, 0.29) is 11.9 Å². The van der Waals surface area contributed by atoms with Crippen LogP contribution in [0.3, 0.4) is 0 Å². The van der Waals surface area contributed by atoms with E-state index in [1.807, 2.05) is 7.05 Å². The van der Waals surface area contributed by atoms with Crippen molar-refractivity contribution in [1.29, 1.82) is 5.26 Å². The first kappa shape index (κ1) is 11.0. The Kier molecular flexibility index (Phi) is 3.90. The molecule has 0 aromatic carbocycles. The fourth-order valence-corrected chi connectivity index (χ4v) is 1.73. The van der Waals surface area contributed by atoms with Crippen molar-refractivity contribution in [2.45, 2.75) is 25.8 Å². The summed E-state index contributed by atoms with van der Waals surface area (Å²) in [5.74, 6) is 0.160. The quantitative estimate of drug-likeness (QED) is 0.657. The highest BCUT2D eigenvalue weighted by Gasteiger charge is 2.25. The second kappa shape index (κ2) is 4.97. The minimum atomic E-state index is 0.160. The molecule has 1 atom stereocenters. The minimum absolute atomic E-state index is 0.160. The summed E-state index contributed by atoms with van der Waals surface area (Å²) in [4.78, 5) is 15.3. The normalized spacial score (nSPS) is 20.6. The number of piperazine rings is 1. The first-order valence-corrected chi connectivity index (χ1v) is 5.04. The second-order valence-electron chi connectivity index (χ2n) is 3.71. The smallest absolute Gasteiger partial charge is 0.236 e. The van der Waals surface area contributed by atoms with Gasteiger partial charge in [-0.05, 0) is 6.42 Å². The molecule has 14 heavy (non-hydrogen) atoms. The van der Waals surface area contributed by atoms with E-state index in [9.17, 15) is 4.79 Å². The molecule has 1 heterocycles. The standard InChI is InChI=1S/C10H17N3O/c1-3-9(4-5-11)13-7-6-12(2)10(14)8-13/h9H,3-4,6-8H2,1-2H3. The number of carbonyl (C=O) groups excluding carboxylic acids is 1. The third kappa shape index (κ3) is 2.46. The van der Waals surface area contributed by atoms with Crippen molar-refractivity contribution in [3.8, 4) is 6.07 Å². The van der Waals surface area contributed by atoms with E-state index in [0.29, 0.717) is 13.0 Å². The number of hydrogen-bond acceptors (Lipinski definition) is 3. The monoisotopic (exact) mass is 195 g/mol. The summed E-state index contributed by atoms with van der Waals surface area (Å²) >= 11 is 0. The van der Waals surface area contributed by atoms with Gasteiger partial charge in [0.25, 0.3) is 0 Å². The van der Waals surface area contributed by atoms with Gasteiger partial charge >= 0.3 is 0 Å². The van der Waals surface area contributed by atoms with Gasteiger partial charge in [-0.25, -0.2) is 0 Å². The van der Waals surface area contributed by atoms with E-state index in [0.717, 1.165) is 19.5 Å². The summed E-state index contributed by atoms with van der Waals surface area (Å²) in [7, 11) is 1.82. The molecule has 0 aromatic heterocycles. The molecule has 0 spiro atoms. The number of nitrogens with zero attached hydrogens (tertiary/aromatic N) is 3. The van der Waals surface area contributed by atoms with Crippen LogP contribution in [0.1, 0.15) is 19.8 Å². The Morgan fingerprint density at radius 1 is 1.57 bits per heavy atom. The van der Waals surface area contributed by atoms with Gasteiger partial charge in [-0.2, -0.15) is 5.26 Å². The fraction of sp³-hybridized carbons (Fsp3) is 0.800. The molecule has 0 saturated carbocycles. The van der Waals surface area contributed by atoms with Crippen LogP contribution in [0.4, 0.5) is 0 Å². The van der Waals surface area contributed by atoms with Crippen LogP contribution in [0, 0.1) is 11.3 Å². The molecule has 1 amide bonds. The van der Waals surface area contributed by atoms with Crippen LogP contribution in [-0.2, 0) is 4.79 Å². The van der Waals surface area contributed by atoms with Gasteiger partial charge in [0, 0.05) is 26.2 Å². The first-order valence-electron chi connectivity index (χ1n) is 5.04.